The van der Waals surface area contributed by atoms with E-state index < -0.39 is 0 Å². The second-order valence-corrected chi connectivity index (χ2v) is 7.54. The second kappa shape index (κ2) is 8.68. The molecule has 0 spiro atoms. The molecule has 0 aliphatic carbocycles. The van der Waals surface area contributed by atoms with E-state index in [0.29, 0.717) is 24.5 Å². The lowest BCUT2D eigenvalue weighted by Gasteiger charge is -2.34. The fraction of sp³-hybridized carbons (Fsp3) is 0.273. The number of hydrogen-bond acceptors (Lipinski definition) is 5. The van der Waals surface area contributed by atoms with Crippen LogP contribution in [-0.2, 0) is 11.3 Å². The number of fused-ring (bicyclic) bond motifs is 1. The van der Waals surface area contributed by atoms with Crippen molar-refractivity contribution in [2.75, 3.05) is 32.8 Å². The standard InChI is InChI=1S/C22H22ClN3O3/c23-18-4-1-16(2-5-18)14-25-9-11-26(12-10-25)22(28)15-29-21-8-3-17-13-19(27)6-7-20(17)24-21/h1-8,13,27H,9-12,14-15H2. The van der Waals surface area contributed by atoms with Gasteiger partial charge in [0.1, 0.15) is 5.75 Å². The number of aromatic hydroxyl groups is 1. The number of benzene rings is 2. The Morgan fingerprint density at radius 2 is 1.79 bits per heavy atom. The molecule has 0 saturated carbocycles. The largest absolute Gasteiger partial charge is 0.508 e. The van der Waals surface area contributed by atoms with Crippen LogP contribution in [0.25, 0.3) is 10.9 Å². The summed E-state index contributed by atoms with van der Waals surface area (Å²) in [5, 5.41) is 11.1. The normalized spacial score (nSPS) is 14.9. The molecule has 1 saturated heterocycles. The van der Waals surface area contributed by atoms with Crippen molar-refractivity contribution < 1.29 is 14.6 Å². The van der Waals surface area contributed by atoms with Gasteiger partial charge in [-0.15, -0.1) is 0 Å². The predicted molar refractivity (Wildman–Crippen MR) is 112 cm³/mol. The molecule has 29 heavy (non-hydrogen) atoms. The van der Waals surface area contributed by atoms with Gasteiger partial charge in [-0.05, 0) is 42.0 Å². The van der Waals surface area contributed by atoms with E-state index in [0.717, 1.165) is 30.0 Å². The molecule has 4 rings (SSSR count). The van der Waals surface area contributed by atoms with Gasteiger partial charge in [0.2, 0.25) is 5.88 Å². The molecule has 2 aromatic carbocycles. The zero-order chi connectivity index (χ0) is 20.2. The summed E-state index contributed by atoms with van der Waals surface area (Å²) in [6.45, 7) is 3.83. The highest BCUT2D eigenvalue weighted by Crippen LogP contribution is 2.21. The number of piperazine rings is 1. The van der Waals surface area contributed by atoms with Crippen LogP contribution in [0.1, 0.15) is 5.56 Å². The Balaban J connectivity index is 1.26. The molecule has 2 heterocycles. The number of nitrogens with zero attached hydrogens (tertiary/aromatic N) is 3. The first-order valence-corrected chi connectivity index (χ1v) is 9.92. The highest BCUT2D eigenvalue weighted by molar-refractivity contribution is 6.30. The molecule has 0 radical (unpaired) electrons. The lowest BCUT2D eigenvalue weighted by atomic mass is 10.2. The van der Waals surface area contributed by atoms with Crippen molar-refractivity contribution in [2.24, 2.45) is 0 Å². The predicted octanol–water partition coefficient (Wildman–Crippen LogP) is 3.32. The topological polar surface area (TPSA) is 65.9 Å². The van der Waals surface area contributed by atoms with Crippen molar-refractivity contribution in [3.63, 3.8) is 0 Å². The Bertz CT molecular complexity index is 1000. The quantitative estimate of drug-likeness (QED) is 0.697. The van der Waals surface area contributed by atoms with Gasteiger partial charge in [0.05, 0.1) is 5.52 Å². The summed E-state index contributed by atoms with van der Waals surface area (Å²) in [6.07, 6.45) is 0. The molecule has 0 bridgehead atoms. The van der Waals surface area contributed by atoms with E-state index in [1.165, 1.54) is 5.56 Å². The average molecular weight is 412 g/mol. The molecule has 1 aromatic heterocycles. The minimum atomic E-state index is -0.0382. The van der Waals surface area contributed by atoms with Crippen LogP contribution in [0.5, 0.6) is 11.6 Å². The minimum Gasteiger partial charge on any atom is -0.508 e. The molecule has 7 heteroatoms. The molecule has 3 aromatic rings. The maximum absolute atomic E-state index is 12.5. The second-order valence-electron chi connectivity index (χ2n) is 7.10. The monoisotopic (exact) mass is 411 g/mol. The number of aromatic nitrogens is 1. The van der Waals surface area contributed by atoms with Crippen molar-refractivity contribution in [1.29, 1.82) is 0 Å². The van der Waals surface area contributed by atoms with Crippen LogP contribution in [0.2, 0.25) is 5.02 Å². The van der Waals surface area contributed by atoms with E-state index in [4.69, 9.17) is 16.3 Å². The molecule has 1 amide bonds. The van der Waals surface area contributed by atoms with Crippen molar-refractivity contribution in [2.45, 2.75) is 6.54 Å². The maximum atomic E-state index is 12.5. The number of hydrogen-bond donors (Lipinski definition) is 1. The number of rotatable bonds is 5. The van der Waals surface area contributed by atoms with Gasteiger partial charge in [0, 0.05) is 49.2 Å². The molecule has 6 nitrogen and oxygen atoms in total. The summed E-state index contributed by atoms with van der Waals surface area (Å²) in [6, 6.07) is 16.3. The van der Waals surface area contributed by atoms with E-state index in [-0.39, 0.29) is 18.3 Å². The molecule has 1 fully saturated rings. The third kappa shape index (κ3) is 4.96. The fourth-order valence-corrected chi connectivity index (χ4v) is 3.53. The Labute approximate surface area is 174 Å². The fourth-order valence-electron chi connectivity index (χ4n) is 3.41. The molecule has 150 valence electrons. The third-order valence-electron chi connectivity index (χ3n) is 5.04. The van der Waals surface area contributed by atoms with Crippen molar-refractivity contribution in [3.05, 3.63) is 65.2 Å². The van der Waals surface area contributed by atoms with Gasteiger partial charge < -0.3 is 14.7 Å². The van der Waals surface area contributed by atoms with E-state index in [2.05, 4.69) is 9.88 Å². The van der Waals surface area contributed by atoms with Gasteiger partial charge in [-0.3, -0.25) is 9.69 Å². The lowest BCUT2D eigenvalue weighted by Crippen LogP contribution is -2.49. The van der Waals surface area contributed by atoms with Gasteiger partial charge in [0.15, 0.2) is 6.61 Å². The Morgan fingerprint density at radius 1 is 1.03 bits per heavy atom. The highest BCUT2D eigenvalue weighted by atomic mass is 35.5. The van der Waals surface area contributed by atoms with Gasteiger partial charge in [0.25, 0.3) is 5.91 Å². The first-order valence-electron chi connectivity index (χ1n) is 9.54. The van der Waals surface area contributed by atoms with Crippen LogP contribution in [0.15, 0.2) is 54.6 Å². The zero-order valence-electron chi connectivity index (χ0n) is 15.9. The summed E-state index contributed by atoms with van der Waals surface area (Å²) < 4.78 is 5.60. The van der Waals surface area contributed by atoms with E-state index >= 15 is 0 Å². The third-order valence-corrected chi connectivity index (χ3v) is 5.29. The molecule has 1 aliphatic rings. The lowest BCUT2D eigenvalue weighted by molar-refractivity contribution is -0.135. The van der Waals surface area contributed by atoms with E-state index in [9.17, 15) is 9.90 Å². The number of phenols is 1. The van der Waals surface area contributed by atoms with Crippen LogP contribution in [0.3, 0.4) is 0 Å². The van der Waals surface area contributed by atoms with Crippen LogP contribution in [0, 0.1) is 0 Å². The molecule has 0 atom stereocenters. The summed E-state index contributed by atoms with van der Waals surface area (Å²) in [4.78, 5) is 21.0. The summed E-state index contributed by atoms with van der Waals surface area (Å²) in [5.74, 6) is 0.556. The van der Waals surface area contributed by atoms with Gasteiger partial charge in [-0.25, -0.2) is 4.98 Å². The number of carbonyl (C=O) groups excluding carboxylic acids is 1. The molecular formula is C22H22ClN3O3. The SMILES string of the molecule is O=C(COc1ccc2cc(O)ccc2n1)N1CCN(Cc2ccc(Cl)cc2)CC1. The van der Waals surface area contributed by atoms with Gasteiger partial charge in [-0.1, -0.05) is 23.7 Å². The van der Waals surface area contributed by atoms with Crippen molar-refractivity contribution in [3.8, 4) is 11.6 Å². The Kier molecular flexibility index (Phi) is 5.83. The van der Waals surface area contributed by atoms with Crippen molar-refractivity contribution in [1.82, 2.24) is 14.8 Å². The van der Waals surface area contributed by atoms with Gasteiger partial charge >= 0.3 is 0 Å². The Morgan fingerprint density at radius 3 is 2.55 bits per heavy atom. The number of ether oxygens (including phenoxy) is 1. The minimum absolute atomic E-state index is 0.0340. The van der Waals surface area contributed by atoms with Crippen molar-refractivity contribution >= 4 is 28.4 Å². The number of carbonyl (C=O) groups is 1. The number of pyridine rings is 1. The number of amides is 1. The highest BCUT2D eigenvalue weighted by Gasteiger charge is 2.21. The first kappa shape index (κ1) is 19.5. The summed E-state index contributed by atoms with van der Waals surface area (Å²) >= 11 is 5.93. The van der Waals surface area contributed by atoms with Crippen LogP contribution in [-0.4, -0.2) is 58.6 Å². The molecule has 1 N–H and O–H groups in total. The molecule has 1 aliphatic heterocycles. The van der Waals surface area contributed by atoms with E-state index in [1.54, 1.807) is 24.3 Å². The smallest absolute Gasteiger partial charge is 0.260 e. The maximum Gasteiger partial charge on any atom is 0.260 e. The molecular weight excluding hydrogens is 390 g/mol. The van der Waals surface area contributed by atoms with E-state index in [1.807, 2.05) is 35.2 Å². The zero-order valence-corrected chi connectivity index (χ0v) is 16.7. The van der Waals surface area contributed by atoms with Gasteiger partial charge in [-0.2, -0.15) is 0 Å². The number of phenolic OH excluding ortho intramolecular Hbond substituents is 1. The first-order chi connectivity index (χ1) is 14.1. The number of halogens is 1. The molecule has 0 unspecified atom stereocenters. The van der Waals surface area contributed by atoms with Crippen LogP contribution >= 0.6 is 11.6 Å². The summed E-state index contributed by atoms with van der Waals surface area (Å²) in [7, 11) is 0. The van der Waals surface area contributed by atoms with Crippen LogP contribution in [0.4, 0.5) is 0 Å². The average Bonchev–Trinajstić information content (AvgIpc) is 2.74. The summed E-state index contributed by atoms with van der Waals surface area (Å²) in [5.41, 5.74) is 1.93. The van der Waals surface area contributed by atoms with Crippen LogP contribution < -0.4 is 4.74 Å². The Hall–Kier alpha value is -2.83.